The van der Waals surface area contributed by atoms with Crippen molar-refractivity contribution in [1.82, 2.24) is 5.32 Å². The van der Waals surface area contributed by atoms with Gasteiger partial charge in [0, 0.05) is 29.8 Å². The Bertz CT molecular complexity index is 1340. The van der Waals surface area contributed by atoms with Gasteiger partial charge in [0.05, 0.1) is 16.8 Å². The molecular formula is C29H30N4O5. The lowest BCUT2D eigenvalue weighted by molar-refractivity contribution is -0.143. The quantitative estimate of drug-likeness (QED) is 0.249. The minimum Gasteiger partial charge on any atom is -0.481 e. The van der Waals surface area contributed by atoms with Crippen molar-refractivity contribution < 1.29 is 24.2 Å². The summed E-state index contributed by atoms with van der Waals surface area (Å²) >= 11 is 0. The van der Waals surface area contributed by atoms with Gasteiger partial charge in [-0.25, -0.2) is 4.79 Å². The lowest BCUT2D eigenvalue weighted by Gasteiger charge is -2.11. The van der Waals surface area contributed by atoms with Crippen molar-refractivity contribution >= 4 is 35.0 Å². The van der Waals surface area contributed by atoms with Gasteiger partial charge in [-0.15, -0.1) is 0 Å². The number of nitrogens with one attached hydrogen (secondary N) is 3. The number of amides is 2. The first-order valence-corrected chi connectivity index (χ1v) is 12.6. The van der Waals surface area contributed by atoms with Crippen LogP contribution in [-0.2, 0) is 16.1 Å². The molecule has 3 aromatic carbocycles. The van der Waals surface area contributed by atoms with Crippen LogP contribution >= 0.6 is 0 Å². The first-order valence-electron chi connectivity index (χ1n) is 12.6. The average molecular weight is 515 g/mol. The largest absolute Gasteiger partial charge is 0.481 e. The van der Waals surface area contributed by atoms with E-state index in [4.69, 9.17) is 10.5 Å². The Labute approximate surface area is 220 Å². The number of aliphatic carboxylic acids is 1. The summed E-state index contributed by atoms with van der Waals surface area (Å²) in [5, 5.41) is 18.1. The molecular weight excluding hydrogens is 484 g/mol. The maximum atomic E-state index is 12.4. The zero-order valence-electron chi connectivity index (χ0n) is 20.8. The summed E-state index contributed by atoms with van der Waals surface area (Å²) in [7, 11) is 0. The highest BCUT2D eigenvalue weighted by Crippen LogP contribution is 2.47. The maximum Gasteiger partial charge on any atom is 0.411 e. The number of carboxylic acid groups (broad SMARTS) is 1. The monoisotopic (exact) mass is 514 g/mol. The highest BCUT2D eigenvalue weighted by molar-refractivity contribution is 6.06. The SMILES string of the molecule is Nc1ccccc1NC(=O)c1ccc(NC(=O)OCc2ccc(C3CC3NCC3(C(=O)O)CC3)cc2)cc1. The van der Waals surface area contributed by atoms with Gasteiger partial charge in [0.2, 0.25) is 0 Å². The van der Waals surface area contributed by atoms with Gasteiger partial charge in [-0.1, -0.05) is 36.4 Å². The first kappa shape index (κ1) is 25.3. The van der Waals surface area contributed by atoms with Gasteiger partial charge < -0.3 is 26.2 Å². The molecule has 0 saturated heterocycles. The van der Waals surface area contributed by atoms with E-state index in [1.807, 2.05) is 24.3 Å². The third-order valence-electron chi connectivity index (χ3n) is 7.18. The molecule has 196 valence electrons. The number of nitrogens with two attached hydrogens (primary N) is 1. The zero-order valence-corrected chi connectivity index (χ0v) is 20.8. The highest BCUT2D eigenvalue weighted by Gasteiger charge is 2.51. The lowest BCUT2D eigenvalue weighted by atomic mass is 10.1. The van der Waals surface area contributed by atoms with Crippen LogP contribution in [-0.4, -0.2) is 35.7 Å². The lowest BCUT2D eigenvalue weighted by Crippen LogP contribution is -2.31. The highest BCUT2D eigenvalue weighted by atomic mass is 16.5. The summed E-state index contributed by atoms with van der Waals surface area (Å²) in [5.41, 5.74) is 9.31. The molecule has 2 saturated carbocycles. The number of hydrogen-bond donors (Lipinski definition) is 5. The van der Waals surface area contributed by atoms with E-state index in [0.29, 0.717) is 41.1 Å². The molecule has 5 rings (SSSR count). The Morgan fingerprint density at radius 3 is 2.32 bits per heavy atom. The number of anilines is 3. The van der Waals surface area contributed by atoms with Crippen molar-refractivity contribution in [3.63, 3.8) is 0 Å². The number of nitrogen functional groups attached to an aromatic ring is 1. The number of hydrogen-bond acceptors (Lipinski definition) is 6. The molecule has 9 nitrogen and oxygen atoms in total. The topological polar surface area (TPSA) is 143 Å². The van der Waals surface area contributed by atoms with Gasteiger partial charge in [0.15, 0.2) is 0 Å². The molecule has 0 heterocycles. The van der Waals surface area contributed by atoms with Crippen LogP contribution in [0, 0.1) is 5.41 Å². The molecule has 2 amide bonds. The summed E-state index contributed by atoms with van der Waals surface area (Å²) in [5.74, 6) is -0.626. The van der Waals surface area contributed by atoms with Crippen LogP contribution in [0.4, 0.5) is 21.9 Å². The van der Waals surface area contributed by atoms with Gasteiger partial charge in [-0.3, -0.25) is 14.9 Å². The second-order valence-electron chi connectivity index (χ2n) is 9.98. The van der Waals surface area contributed by atoms with Crippen molar-refractivity contribution in [1.29, 1.82) is 0 Å². The number of benzene rings is 3. The fourth-order valence-corrected chi connectivity index (χ4v) is 4.41. The van der Waals surface area contributed by atoms with Gasteiger partial charge in [0.25, 0.3) is 5.91 Å². The van der Waals surface area contributed by atoms with Crippen molar-refractivity contribution in [3.05, 3.63) is 89.5 Å². The van der Waals surface area contributed by atoms with Crippen molar-refractivity contribution in [2.24, 2.45) is 5.41 Å². The van der Waals surface area contributed by atoms with E-state index in [0.717, 1.165) is 24.8 Å². The Kier molecular flexibility index (Phi) is 7.02. The molecule has 3 aromatic rings. The number of para-hydroxylation sites is 2. The number of ether oxygens (including phenoxy) is 1. The summed E-state index contributed by atoms with van der Waals surface area (Å²) in [4.78, 5) is 36.0. The number of carbonyl (C=O) groups is 3. The van der Waals surface area contributed by atoms with Crippen molar-refractivity contribution in [2.75, 3.05) is 22.9 Å². The molecule has 2 atom stereocenters. The van der Waals surface area contributed by atoms with Crippen LogP contribution in [0.1, 0.15) is 46.7 Å². The van der Waals surface area contributed by atoms with Crippen LogP contribution in [0.15, 0.2) is 72.8 Å². The number of rotatable bonds is 10. The predicted octanol–water partition coefficient (Wildman–Crippen LogP) is 4.58. The fourth-order valence-electron chi connectivity index (χ4n) is 4.41. The zero-order chi connectivity index (χ0) is 26.7. The van der Waals surface area contributed by atoms with Gasteiger partial charge >= 0.3 is 12.1 Å². The number of carboxylic acids is 1. The minimum atomic E-state index is -0.704. The molecule has 0 radical (unpaired) electrons. The molecule has 0 spiro atoms. The van der Waals surface area contributed by atoms with Gasteiger partial charge in [0.1, 0.15) is 6.61 Å². The third-order valence-corrected chi connectivity index (χ3v) is 7.18. The average Bonchev–Trinajstić information content (AvgIpc) is 3.84. The van der Waals surface area contributed by atoms with E-state index in [2.05, 4.69) is 16.0 Å². The predicted molar refractivity (Wildman–Crippen MR) is 144 cm³/mol. The molecule has 38 heavy (non-hydrogen) atoms. The smallest absolute Gasteiger partial charge is 0.411 e. The first-order chi connectivity index (χ1) is 18.3. The molecule has 0 aromatic heterocycles. The van der Waals surface area contributed by atoms with Gasteiger partial charge in [-0.05, 0) is 66.8 Å². The minimum absolute atomic E-state index is 0.124. The Morgan fingerprint density at radius 1 is 0.947 bits per heavy atom. The number of carbonyl (C=O) groups excluding carboxylic acids is 2. The van der Waals surface area contributed by atoms with Crippen molar-refractivity contribution in [2.45, 2.75) is 37.8 Å². The molecule has 2 fully saturated rings. The molecule has 9 heteroatoms. The summed E-state index contributed by atoms with van der Waals surface area (Å²) in [6, 6.07) is 21.7. The van der Waals surface area contributed by atoms with E-state index < -0.39 is 17.5 Å². The van der Waals surface area contributed by atoms with Crippen LogP contribution in [0.5, 0.6) is 0 Å². The van der Waals surface area contributed by atoms with Crippen molar-refractivity contribution in [3.8, 4) is 0 Å². The molecule has 0 bridgehead atoms. The second kappa shape index (κ2) is 10.5. The third kappa shape index (κ3) is 5.95. The van der Waals surface area contributed by atoms with E-state index >= 15 is 0 Å². The summed E-state index contributed by atoms with van der Waals surface area (Å²) in [6.45, 7) is 0.655. The second-order valence-corrected chi connectivity index (χ2v) is 9.98. The summed E-state index contributed by atoms with van der Waals surface area (Å²) in [6.07, 6.45) is 1.90. The van der Waals surface area contributed by atoms with E-state index in [9.17, 15) is 19.5 Å². The summed E-state index contributed by atoms with van der Waals surface area (Å²) < 4.78 is 5.33. The molecule has 2 aliphatic carbocycles. The molecule has 2 unspecified atom stereocenters. The molecule has 6 N–H and O–H groups in total. The van der Waals surface area contributed by atoms with E-state index in [1.54, 1.807) is 48.5 Å². The van der Waals surface area contributed by atoms with Crippen LogP contribution < -0.4 is 21.7 Å². The van der Waals surface area contributed by atoms with Gasteiger partial charge in [-0.2, -0.15) is 0 Å². The van der Waals surface area contributed by atoms with Crippen LogP contribution in [0.25, 0.3) is 0 Å². The van der Waals surface area contributed by atoms with Crippen LogP contribution in [0.2, 0.25) is 0 Å². The molecule has 2 aliphatic rings. The maximum absolute atomic E-state index is 12.4. The fraction of sp³-hybridized carbons (Fsp3) is 0.276. The van der Waals surface area contributed by atoms with E-state index in [-0.39, 0.29) is 12.5 Å². The standard InChI is InChI=1S/C29H30N4O5/c30-23-3-1-2-4-24(23)33-26(34)20-9-11-21(12-10-20)32-28(37)38-16-18-5-7-19(8-6-18)22-15-25(22)31-17-29(13-14-29)27(35)36/h1-12,22,25,31H,13-17,30H2,(H,32,37)(H,33,34)(H,35,36). The Hall–Kier alpha value is -4.37. The van der Waals surface area contributed by atoms with E-state index in [1.165, 1.54) is 5.56 Å². The Balaban J connectivity index is 1.05. The van der Waals surface area contributed by atoms with Crippen LogP contribution in [0.3, 0.4) is 0 Å². The Morgan fingerprint density at radius 2 is 1.66 bits per heavy atom. The molecule has 0 aliphatic heterocycles. The normalized spacial score (nSPS) is 18.7.